The van der Waals surface area contributed by atoms with E-state index in [-0.39, 0.29) is 11.5 Å². The van der Waals surface area contributed by atoms with Crippen molar-refractivity contribution >= 4 is 17.6 Å². The summed E-state index contributed by atoms with van der Waals surface area (Å²) in [4.78, 5) is 5.20. The molecule has 146 valence electrons. The molecule has 0 aliphatic carbocycles. The zero-order valence-electron chi connectivity index (χ0n) is 15.8. The Morgan fingerprint density at radius 3 is 2.61 bits per heavy atom. The van der Waals surface area contributed by atoms with Crippen molar-refractivity contribution in [2.75, 3.05) is 20.8 Å². The fourth-order valence-electron chi connectivity index (χ4n) is 2.62. The first-order valence-electron chi connectivity index (χ1n) is 8.57. The average Bonchev–Trinajstić information content (AvgIpc) is 3.09. The van der Waals surface area contributed by atoms with Gasteiger partial charge in [-0.25, -0.2) is 4.68 Å². The second kappa shape index (κ2) is 8.62. The molecule has 0 aliphatic heterocycles. The van der Waals surface area contributed by atoms with Crippen LogP contribution in [0.25, 0.3) is 11.3 Å². The summed E-state index contributed by atoms with van der Waals surface area (Å²) >= 11 is 1.45. The van der Waals surface area contributed by atoms with Crippen LogP contribution in [0, 0.1) is 0 Å². The van der Waals surface area contributed by atoms with E-state index in [0.29, 0.717) is 28.4 Å². The molecule has 28 heavy (non-hydrogen) atoms. The molecule has 3 aromatic rings. The molecule has 0 atom stereocenters. The number of phenolic OH excluding ortho intramolecular Hbond substituents is 2. The van der Waals surface area contributed by atoms with Gasteiger partial charge in [-0.2, -0.15) is 5.10 Å². The maximum atomic E-state index is 10.0. The maximum absolute atomic E-state index is 10.0. The zero-order chi connectivity index (χ0) is 20.1. The molecule has 7 nitrogen and oxygen atoms in total. The number of benzene rings is 2. The molecule has 0 fully saturated rings. The van der Waals surface area contributed by atoms with Gasteiger partial charge in [0.1, 0.15) is 23.0 Å². The Morgan fingerprint density at radius 2 is 1.93 bits per heavy atom. The normalized spacial score (nSPS) is 11.9. The summed E-state index contributed by atoms with van der Waals surface area (Å²) in [7, 11) is 3.22. The van der Waals surface area contributed by atoms with Crippen LogP contribution in [0.4, 0.5) is 0 Å². The van der Waals surface area contributed by atoms with E-state index in [1.807, 2.05) is 30.5 Å². The van der Waals surface area contributed by atoms with Gasteiger partial charge in [0, 0.05) is 29.1 Å². The van der Waals surface area contributed by atoms with E-state index in [4.69, 9.17) is 9.47 Å². The summed E-state index contributed by atoms with van der Waals surface area (Å²) in [6.45, 7) is 2.56. The molecule has 0 aliphatic rings. The smallest absolute Gasteiger partial charge is 0.206 e. The Labute approximate surface area is 166 Å². The van der Waals surface area contributed by atoms with Crippen LogP contribution in [0.2, 0.25) is 0 Å². The molecule has 0 saturated carbocycles. The van der Waals surface area contributed by atoms with Gasteiger partial charge in [-0.1, -0.05) is 0 Å². The Morgan fingerprint density at radius 1 is 1.11 bits per heavy atom. The van der Waals surface area contributed by atoms with Crippen LogP contribution in [0.15, 0.2) is 51.9 Å². The van der Waals surface area contributed by atoms with Crippen LogP contribution in [-0.4, -0.2) is 41.9 Å². The first kappa shape index (κ1) is 19.5. The largest absolute Gasteiger partial charge is 0.508 e. The second-order valence-electron chi connectivity index (χ2n) is 5.74. The van der Waals surface area contributed by atoms with Crippen LogP contribution >= 0.6 is 11.3 Å². The van der Waals surface area contributed by atoms with E-state index in [1.165, 1.54) is 29.7 Å². The first-order chi connectivity index (χ1) is 13.6. The SMILES string of the molecule is CCN=c1scc(-c2cc(OC)ccc2OC)n1N=Cc1ccc(O)cc1O. The van der Waals surface area contributed by atoms with Gasteiger partial charge < -0.3 is 19.7 Å². The predicted octanol–water partition coefficient (Wildman–Crippen LogP) is 3.45. The van der Waals surface area contributed by atoms with Crippen molar-refractivity contribution < 1.29 is 19.7 Å². The van der Waals surface area contributed by atoms with Crippen LogP contribution < -0.4 is 14.3 Å². The van der Waals surface area contributed by atoms with Crippen molar-refractivity contribution in [3.05, 3.63) is 52.1 Å². The minimum Gasteiger partial charge on any atom is -0.508 e. The highest BCUT2D eigenvalue weighted by Gasteiger charge is 2.14. The number of hydrogen-bond acceptors (Lipinski definition) is 7. The third kappa shape index (κ3) is 4.01. The van der Waals surface area contributed by atoms with Crippen LogP contribution in [0.5, 0.6) is 23.0 Å². The average molecular weight is 399 g/mol. The van der Waals surface area contributed by atoms with Gasteiger partial charge in [-0.05, 0) is 37.3 Å². The number of thiazole rings is 1. The number of nitrogens with zero attached hydrogens (tertiary/aromatic N) is 3. The Bertz CT molecular complexity index is 1070. The number of hydrogen-bond donors (Lipinski definition) is 2. The molecular formula is C20H21N3O4S. The lowest BCUT2D eigenvalue weighted by molar-refractivity contribution is 0.404. The van der Waals surface area contributed by atoms with Crippen molar-refractivity contribution in [2.45, 2.75) is 6.92 Å². The lowest BCUT2D eigenvalue weighted by Crippen LogP contribution is -2.12. The number of rotatable bonds is 6. The van der Waals surface area contributed by atoms with Crippen molar-refractivity contribution in [1.82, 2.24) is 4.68 Å². The molecule has 1 heterocycles. The molecule has 2 aromatic carbocycles. The van der Waals surface area contributed by atoms with E-state index in [0.717, 1.165) is 11.3 Å². The fraction of sp³-hybridized carbons (Fsp3) is 0.200. The lowest BCUT2D eigenvalue weighted by atomic mass is 10.1. The summed E-state index contributed by atoms with van der Waals surface area (Å²) in [6.07, 6.45) is 1.52. The molecule has 8 heteroatoms. The van der Waals surface area contributed by atoms with E-state index >= 15 is 0 Å². The Balaban J connectivity index is 2.15. The number of aromatic nitrogens is 1. The number of aromatic hydroxyl groups is 2. The summed E-state index contributed by atoms with van der Waals surface area (Å²) in [5, 5.41) is 25.9. The summed E-state index contributed by atoms with van der Waals surface area (Å²) < 4.78 is 12.5. The predicted molar refractivity (Wildman–Crippen MR) is 110 cm³/mol. The maximum Gasteiger partial charge on any atom is 0.206 e. The zero-order valence-corrected chi connectivity index (χ0v) is 16.6. The van der Waals surface area contributed by atoms with E-state index < -0.39 is 0 Å². The van der Waals surface area contributed by atoms with Gasteiger partial charge in [0.05, 0.1) is 26.1 Å². The summed E-state index contributed by atoms with van der Waals surface area (Å²) in [5.74, 6) is 1.30. The number of phenols is 2. The third-order valence-corrected chi connectivity index (χ3v) is 4.84. The van der Waals surface area contributed by atoms with Gasteiger partial charge in [0.2, 0.25) is 4.80 Å². The quantitative estimate of drug-likeness (QED) is 0.622. The van der Waals surface area contributed by atoms with Crippen LogP contribution in [0.1, 0.15) is 12.5 Å². The van der Waals surface area contributed by atoms with Gasteiger partial charge >= 0.3 is 0 Å². The van der Waals surface area contributed by atoms with E-state index in [9.17, 15) is 10.2 Å². The second-order valence-corrected chi connectivity index (χ2v) is 6.58. The molecule has 0 bridgehead atoms. The Kier molecular flexibility index (Phi) is 6.00. The van der Waals surface area contributed by atoms with Gasteiger partial charge in [-0.3, -0.25) is 4.99 Å². The van der Waals surface area contributed by atoms with Gasteiger partial charge in [0.25, 0.3) is 0 Å². The number of ether oxygens (including phenoxy) is 2. The van der Waals surface area contributed by atoms with Crippen LogP contribution in [0.3, 0.4) is 0 Å². The molecule has 2 N–H and O–H groups in total. The summed E-state index contributed by atoms with van der Waals surface area (Å²) in [5.41, 5.74) is 2.06. The Hall–Kier alpha value is -3.26. The van der Waals surface area contributed by atoms with Crippen molar-refractivity contribution in [2.24, 2.45) is 10.1 Å². The topological polar surface area (TPSA) is 88.6 Å². The van der Waals surface area contributed by atoms with Crippen molar-refractivity contribution in [3.8, 4) is 34.3 Å². The van der Waals surface area contributed by atoms with E-state index in [2.05, 4.69) is 10.1 Å². The van der Waals surface area contributed by atoms with Gasteiger partial charge in [-0.15, -0.1) is 11.3 Å². The molecular weight excluding hydrogens is 378 g/mol. The minimum atomic E-state index is -0.0610. The highest BCUT2D eigenvalue weighted by molar-refractivity contribution is 7.07. The first-order valence-corrected chi connectivity index (χ1v) is 9.45. The standard InChI is InChI=1S/C20H21N3O4S/c1-4-21-20-23(22-11-13-5-6-14(24)9-18(13)25)17(12-28-20)16-10-15(26-2)7-8-19(16)27-3/h5-12,24-25H,4H2,1-3H3. The van der Waals surface area contributed by atoms with Gasteiger partial charge in [0.15, 0.2) is 0 Å². The fourth-order valence-corrected chi connectivity index (χ4v) is 3.51. The van der Waals surface area contributed by atoms with E-state index in [1.54, 1.807) is 25.0 Å². The minimum absolute atomic E-state index is 0.0127. The summed E-state index contributed by atoms with van der Waals surface area (Å²) in [6, 6.07) is 9.88. The molecule has 3 rings (SSSR count). The lowest BCUT2D eigenvalue weighted by Gasteiger charge is -2.11. The van der Waals surface area contributed by atoms with Crippen LogP contribution in [-0.2, 0) is 0 Å². The highest BCUT2D eigenvalue weighted by atomic mass is 32.1. The monoisotopic (exact) mass is 399 g/mol. The molecule has 0 saturated heterocycles. The third-order valence-electron chi connectivity index (χ3n) is 3.99. The van der Waals surface area contributed by atoms with Crippen molar-refractivity contribution in [1.29, 1.82) is 0 Å². The molecule has 1 aromatic heterocycles. The van der Waals surface area contributed by atoms with Crippen molar-refractivity contribution in [3.63, 3.8) is 0 Å². The number of methoxy groups -OCH3 is 2. The highest BCUT2D eigenvalue weighted by Crippen LogP contribution is 2.33. The molecule has 0 spiro atoms. The molecule has 0 amide bonds. The molecule has 0 unspecified atom stereocenters. The molecule has 0 radical (unpaired) electrons.